The smallest absolute Gasteiger partial charge is 0.434 e. The number of carbonyl (C=O) groups is 1. The zero-order valence-electron chi connectivity index (χ0n) is 7.72. The van der Waals surface area contributed by atoms with Crippen LogP contribution in [0.5, 0.6) is 0 Å². The van der Waals surface area contributed by atoms with E-state index in [4.69, 9.17) is 16.3 Å². The van der Waals surface area contributed by atoms with Gasteiger partial charge in [0.25, 0.3) is 0 Å². The van der Waals surface area contributed by atoms with E-state index in [9.17, 15) is 4.79 Å². The molecule has 0 rings (SSSR count). The second kappa shape index (κ2) is 5.25. The lowest BCUT2D eigenvalue weighted by atomic mass is 9.99. The van der Waals surface area contributed by atoms with Crippen LogP contribution in [0.1, 0.15) is 20.8 Å². The Morgan fingerprint density at radius 1 is 1.33 bits per heavy atom. The first kappa shape index (κ1) is 11.6. The zero-order valence-corrected chi connectivity index (χ0v) is 8.48. The van der Waals surface area contributed by atoms with Gasteiger partial charge in [-0.3, -0.25) is 0 Å². The van der Waals surface area contributed by atoms with Crippen molar-refractivity contribution < 1.29 is 14.3 Å². The van der Waals surface area contributed by atoms with Gasteiger partial charge in [-0.1, -0.05) is 20.8 Å². The van der Waals surface area contributed by atoms with E-state index < -0.39 is 6.16 Å². The number of alkyl halides is 1. The highest BCUT2D eigenvalue weighted by Gasteiger charge is 2.13. The third-order valence-electron chi connectivity index (χ3n) is 0.920. The molecule has 0 bridgehead atoms. The number of hydrogen-bond donors (Lipinski definition) is 0. The van der Waals surface area contributed by atoms with E-state index in [1.54, 1.807) is 0 Å². The summed E-state index contributed by atoms with van der Waals surface area (Å²) in [4.78, 5) is 10.7. The Bertz CT molecular complexity index is 140. The van der Waals surface area contributed by atoms with Crippen molar-refractivity contribution in [1.82, 2.24) is 0 Å². The van der Waals surface area contributed by atoms with E-state index in [2.05, 4.69) is 4.74 Å². The van der Waals surface area contributed by atoms with Crippen LogP contribution in [-0.4, -0.2) is 25.2 Å². The van der Waals surface area contributed by atoms with Crippen molar-refractivity contribution in [2.75, 3.05) is 19.1 Å². The molecular formula is C8H15ClO3. The highest BCUT2D eigenvalue weighted by molar-refractivity contribution is 6.18. The fourth-order valence-electron chi connectivity index (χ4n) is 0.439. The first-order chi connectivity index (χ1) is 5.45. The normalized spacial score (nSPS) is 11.0. The second-order valence-corrected chi connectivity index (χ2v) is 4.01. The van der Waals surface area contributed by atoms with E-state index in [1.165, 1.54) is 0 Å². The minimum Gasteiger partial charge on any atom is -0.434 e. The molecule has 4 heteroatoms. The van der Waals surface area contributed by atoms with Crippen LogP contribution in [0.3, 0.4) is 0 Å². The van der Waals surface area contributed by atoms with Gasteiger partial charge in [-0.2, -0.15) is 0 Å². The summed E-state index contributed by atoms with van der Waals surface area (Å²) < 4.78 is 9.38. The fraction of sp³-hybridized carbons (Fsp3) is 0.875. The predicted octanol–water partition coefficient (Wildman–Crippen LogP) is 2.42. The van der Waals surface area contributed by atoms with Crippen LogP contribution >= 0.6 is 11.6 Å². The average Bonchev–Trinajstić information content (AvgIpc) is 1.95. The maximum atomic E-state index is 10.7. The van der Waals surface area contributed by atoms with Crippen molar-refractivity contribution in [1.29, 1.82) is 0 Å². The lowest BCUT2D eigenvalue weighted by Gasteiger charge is -2.17. The minimum atomic E-state index is -0.648. The standard InChI is InChI=1S/C8H15ClO3/c1-8(2,3)6-12-7(10)11-5-4-9/h4-6H2,1-3H3. The molecule has 0 aliphatic rings. The molecule has 0 amide bonds. The topological polar surface area (TPSA) is 35.5 Å². The lowest BCUT2D eigenvalue weighted by Crippen LogP contribution is -2.19. The Morgan fingerprint density at radius 2 is 1.92 bits per heavy atom. The molecule has 0 fully saturated rings. The Kier molecular flexibility index (Phi) is 5.06. The number of halogens is 1. The summed E-state index contributed by atoms with van der Waals surface area (Å²) >= 11 is 5.30. The Balaban J connectivity index is 3.44. The minimum absolute atomic E-state index is 0.0278. The zero-order chi connectivity index (χ0) is 9.61. The monoisotopic (exact) mass is 194 g/mol. The molecule has 0 heterocycles. The van der Waals surface area contributed by atoms with Crippen LogP contribution in [0.4, 0.5) is 4.79 Å². The van der Waals surface area contributed by atoms with E-state index >= 15 is 0 Å². The molecule has 0 aliphatic carbocycles. The van der Waals surface area contributed by atoms with Crippen molar-refractivity contribution in [2.24, 2.45) is 5.41 Å². The van der Waals surface area contributed by atoms with Gasteiger partial charge in [0.05, 0.1) is 12.5 Å². The molecule has 0 aromatic rings. The summed E-state index contributed by atoms with van der Waals surface area (Å²) in [5.74, 6) is 0.296. The Hall–Kier alpha value is -0.440. The number of hydrogen-bond acceptors (Lipinski definition) is 3. The molecule has 0 N–H and O–H groups in total. The Labute approximate surface area is 78.0 Å². The van der Waals surface area contributed by atoms with Crippen LogP contribution in [0.2, 0.25) is 0 Å². The second-order valence-electron chi connectivity index (χ2n) is 3.64. The van der Waals surface area contributed by atoms with E-state index in [-0.39, 0.29) is 12.0 Å². The highest BCUT2D eigenvalue weighted by atomic mass is 35.5. The third-order valence-corrected chi connectivity index (χ3v) is 1.07. The third kappa shape index (κ3) is 7.66. The molecule has 0 unspecified atom stereocenters. The maximum absolute atomic E-state index is 10.7. The highest BCUT2D eigenvalue weighted by Crippen LogP contribution is 2.12. The molecule has 3 nitrogen and oxygen atoms in total. The van der Waals surface area contributed by atoms with Crippen LogP contribution in [-0.2, 0) is 9.47 Å². The van der Waals surface area contributed by atoms with Crippen LogP contribution in [0.25, 0.3) is 0 Å². The van der Waals surface area contributed by atoms with Gasteiger partial charge in [-0.25, -0.2) is 4.79 Å². The van der Waals surface area contributed by atoms with Gasteiger partial charge >= 0.3 is 6.16 Å². The summed E-state index contributed by atoms with van der Waals surface area (Å²) in [6, 6.07) is 0. The predicted molar refractivity (Wildman–Crippen MR) is 47.5 cm³/mol. The number of carbonyl (C=O) groups excluding carboxylic acids is 1. The summed E-state index contributed by atoms with van der Waals surface area (Å²) in [7, 11) is 0. The number of rotatable bonds is 3. The molecule has 0 aromatic heterocycles. The van der Waals surface area contributed by atoms with E-state index in [1.807, 2.05) is 20.8 Å². The molecule has 0 saturated heterocycles. The van der Waals surface area contributed by atoms with Gasteiger partial charge < -0.3 is 9.47 Å². The van der Waals surface area contributed by atoms with Crippen molar-refractivity contribution in [3.05, 3.63) is 0 Å². The Morgan fingerprint density at radius 3 is 2.33 bits per heavy atom. The van der Waals surface area contributed by atoms with Gasteiger partial charge in [0.1, 0.15) is 6.61 Å². The largest absolute Gasteiger partial charge is 0.508 e. The van der Waals surface area contributed by atoms with Gasteiger partial charge in [0, 0.05) is 0 Å². The van der Waals surface area contributed by atoms with E-state index in [0.29, 0.717) is 12.5 Å². The summed E-state index contributed by atoms with van der Waals surface area (Å²) in [6.45, 7) is 6.48. The molecule has 0 radical (unpaired) electrons. The molecule has 0 spiro atoms. The van der Waals surface area contributed by atoms with Crippen LogP contribution < -0.4 is 0 Å². The molecule has 0 atom stereocenters. The molecular weight excluding hydrogens is 180 g/mol. The molecule has 0 aromatic carbocycles. The van der Waals surface area contributed by atoms with Crippen LogP contribution in [0, 0.1) is 5.41 Å². The molecule has 0 saturated carbocycles. The van der Waals surface area contributed by atoms with Gasteiger partial charge in [0.2, 0.25) is 0 Å². The van der Waals surface area contributed by atoms with Crippen LogP contribution in [0.15, 0.2) is 0 Å². The SMILES string of the molecule is CC(C)(C)COC(=O)OCCCl. The van der Waals surface area contributed by atoms with Crippen molar-refractivity contribution >= 4 is 17.8 Å². The first-order valence-electron chi connectivity index (χ1n) is 3.81. The summed E-state index contributed by atoms with van der Waals surface area (Å²) in [5.41, 5.74) is -0.0278. The fourth-order valence-corrected chi connectivity index (χ4v) is 0.516. The quantitative estimate of drug-likeness (QED) is 0.511. The van der Waals surface area contributed by atoms with Gasteiger partial charge in [0.15, 0.2) is 0 Å². The maximum Gasteiger partial charge on any atom is 0.508 e. The number of ether oxygens (including phenoxy) is 2. The van der Waals surface area contributed by atoms with Gasteiger partial charge in [-0.15, -0.1) is 11.6 Å². The molecule has 0 aliphatic heterocycles. The summed E-state index contributed by atoms with van der Waals surface area (Å²) in [5, 5.41) is 0. The van der Waals surface area contributed by atoms with Crippen molar-refractivity contribution in [3.8, 4) is 0 Å². The molecule has 72 valence electrons. The lowest BCUT2D eigenvalue weighted by molar-refractivity contribution is 0.0367. The van der Waals surface area contributed by atoms with Crippen molar-refractivity contribution in [2.45, 2.75) is 20.8 Å². The average molecular weight is 195 g/mol. The van der Waals surface area contributed by atoms with Crippen molar-refractivity contribution in [3.63, 3.8) is 0 Å². The molecule has 12 heavy (non-hydrogen) atoms. The first-order valence-corrected chi connectivity index (χ1v) is 4.35. The van der Waals surface area contributed by atoms with E-state index in [0.717, 1.165) is 0 Å². The van der Waals surface area contributed by atoms with Gasteiger partial charge in [-0.05, 0) is 5.41 Å². The summed E-state index contributed by atoms with van der Waals surface area (Å²) in [6.07, 6.45) is -0.648.